The molecule has 252 valence electrons. The zero-order chi connectivity index (χ0) is 35.5. The number of H-pyrrole nitrogens is 3. The molecule has 0 amide bonds. The van der Waals surface area contributed by atoms with Gasteiger partial charge in [-0.3, -0.25) is 15.3 Å². The van der Waals surface area contributed by atoms with Crippen LogP contribution in [0.4, 0.5) is 78.7 Å². The van der Waals surface area contributed by atoms with Crippen LogP contribution in [0.3, 0.4) is 0 Å². The van der Waals surface area contributed by atoms with Crippen LogP contribution in [0.5, 0.6) is 6.01 Å². The van der Waals surface area contributed by atoms with Crippen molar-refractivity contribution in [1.82, 2.24) is 45.5 Å². The lowest BCUT2D eigenvalue weighted by Gasteiger charge is -1.97. The van der Waals surface area contributed by atoms with E-state index in [-0.39, 0.29) is 0 Å². The summed E-state index contributed by atoms with van der Waals surface area (Å²) >= 11 is -0.448. The van der Waals surface area contributed by atoms with E-state index in [0.717, 1.165) is 0 Å². The Labute approximate surface area is 233 Å². The molecule has 0 atom stereocenters. The lowest BCUT2D eigenvalue weighted by molar-refractivity contribution is -0.145. The molecule has 3 N–H and O–H groups in total. The standard InChI is InChI=1S/C3HF4N3O.C3HF4N3S.C3HF4N3.3C2H2F2/c2*4-3(5,6)1-8-2(11-7)10-9-1;4-2-8-1(9-10-2)3(5,6)7;3*1-2(3)4/h2*(H,8,9,10);(H,8,9,10);3*1H2. The van der Waals surface area contributed by atoms with Crippen molar-refractivity contribution in [2.24, 2.45) is 0 Å². The van der Waals surface area contributed by atoms with Crippen molar-refractivity contribution in [3.05, 3.63) is 61.5 Å². The van der Waals surface area contributed by atoms with Crippen molar-refractivity contribution in [1.29, 1.82) is 0 Å². The zero-order valence-electron chi connectivity index (χ0n) is 19.9. The van der Waals surface area contributed by atoms with Crippen LogP contribution in [0.15, 0.2) is 43.1 Å². The highest BCUT2D eigenvalue weighted by atomic mass is 32.2. The second-order valence-corrected chi connectivity index (χ2v) is 6.07. The summed E-state index contributed by atoms with van der Waals surface area (Å²) < 4.78 is 200. The molecular formula is C15H9F18N9OS. The van der Waals surface area contributed by atoms with Gasteiger partial charge >= 0.3 is 30.6 Å². The van der Waals surface area contributed by atoms with Crippen molar-refractivity contribution >= 4 is 12.1 Å². The summed E-state index contributed by atoms with van der Waals surface area (Å²) in [6.45, 7) is 6.67. The van der Waals surface area contributed by atoms with E-state index in [1.54, 1.807) is 5.10 Å². The van der Waals surface area contributed by atoms with Crippen molar-refractivity contribution < 1.29 is 83.6 Å². The van der Waals surface area contributed by atoms with Crippen LogP contribution in [0, 0.1) is 6.08 Å². The lowest BCUT2D eigenvalue weighted by atomic mass is 10.6. The summed E-state index contributed by atoms with van der Waals surface area (Å²) in [5.41, 5.74) is 0. The summed E-state index contributed by atoms with van der Waals surface area (Å²) in [6, 6.07) is -0.989. The number of hydrogen-bond donors (Lipinski definition) is 3. The maximum atomic E-state index is 11.7. The molecule has 3 aromatic heterocycles. The summed E-state index contributed by atoms with van der Waals surface area (Å²) in [6.07, 6.45) is -20.8. The maximum Gasteiger partial charge on any atom is 0.451 e. The Morgan fingerprint density at radius 1 is 0.591 bits per heavy atom. The summed E-state index contributed by atoms with van der Waals surface area (Å²) in [7, 11) is 0. The van der Waals surface area contributed by atoms with E-state index >= 15 is 0 Å². The van der Waals surface area contributed by atoms with Gasteiger partial charge in [-0.15, -0.1) is 15.3 Å². The van der Waals surface area contributed by atoms with E-state index in [1.807, 2.05) is 0 Å². The Morgan fingerprint density at radius 2 is 0.909 bits per heavy atom. The van der Waals surface area contributed by atoms with Crippen LogP contribution in [0.25, 0.3) is 0 Å². The monoisotopic (exact) mass is 705 g/mol. The molecule has 0 aliphatic rings. The number of hydrogen-bond acceptors (Lipinski definition) is 8. The molecular weight excluding hydrogens is 696 g/mol. The average Bonchev–Trinajstić information content (AvgIpc) is 3.58. The molecule has 0 aliphatic carbocycles. The number of alkyl halides is 9. The SMILES string of the molecule is C=C(F)F.C=C(F)F.C=C(F)F.FOc1n[nH]c(C(F)(F)F)n1.FSc1n[nH]c(C(F)(F)F)n1.Fc1n[nH]c(C(F)(F)F)n1. The van der Waals surface area contributed by atoms with Crippen molar-refractivity contribution in [2.45, 2.75) is 23.7 Å². The average molecular weight is 705 g/mol. The molecule has 0 unspecified atom stereocenters. The van der Waals surface area contributed by atoms with Gasteiger partial charge in [-0.1, -0.05) is 0 Å². The third-order valence-electron chi connectivity index (χ3n) is 2.33. The topological polar surface area (TPSA) is 134 Å². The van der Waals surface area contributed by atoms with Gasteiger partial charge in [0.25, 0.3) is 18.2 Å². The Balaban J connectivity index is -0.000000486. The predicted octanol–water partition coefficient (Wildman–Crippen LogP) is 8.04. The first kappa shape index (κ1) is 44.0. The molecule has 3 aromatic rings. The van der Waals surface area contributed by atoms with Crippen molar-refractivity contribution in [3.63, 3.8) is 0 Å². The molecule has 0 spiro atoms. The number of halogens is 18. The highest BCUT2D eigenvalue weighted by Gasteiger charge is 2.36. The summed E-state index contributed by atoms with van der Waals surface area (Å²) in [4.78, 5) is 10.7. The molecule has 0 fully saturated rings. The molecule has 44 heavy (non-hydrogen) atoms. The quantitative estimate of drug-likeness (QED) is 0.228. The molecule has 0 saturated carbocycles. The highest BCUT2D eigenvalue weighted by molar-refractivity contribution is 7.94. The van der Waals surface area contributed by atoms with Gasteiger partial charge in [0.15, 0.2) is 0 Å². The Morgan fingerprint density at radius 3 is 1.09 bits per heavy atom. The molecule has 0 radical (unpaired) electrons. The Bertz CT molecular complexity index is 1160. The Hall–Kier alpha value is -4.47. The minimum absolute atomic E-state index is 0.448. The molecule has 0 aromatic carbocycles. The number of aromatic nitrogens is 9. The van der Waals surface area contributed by atoms with Gasteiger partial charge in [0.2, 0.25) is 22.6 Å². The first-order chi connectivity index (χ1) is 19.8. The van der Waals surface area contributed by atoms with Crippen LogP contribution in [0.1, 0.15) is 17.5 Å². The summed E-state index contributed by atoms with van der Waals surface area (Å²) in [5, 5.41) is 12.0. The number of nitrogens with one attached hydrogen (secondary N) is 3. The molecule has 0 bridgehead atoms. The zero-order valence-corrected chi connectivity index (χ0v) is 20.7. The Kier molecular flexibility index (Phi) is 20.4. The first-order valence-electron chi connectivity index (χ1n) is 8.98. The largest absolute Gasteiger partial charge is 0.451 e. The minimum atomic E-state index is -4.66. The summed E-state index contributed by atoms with van der Waals surface area (Å²) in [5.74, 6) is -4.12. The maximum absolute atomic E-state index is 11.7. The van der Waals surface area contributed by atoms with E-state index in [0.29, 0.717) is 0 Å². The fraction of sp³-hybridized carbons (Fsp3) is 0.200. The van der Waals surface area contributed by atoms with Crippen LogP contribution < -0.4 is 4.94 Å². The van der Waals surface area contributed by atoms with E-state index in [2.05, 4.69) is 54.9 Å². The van der Waals surface area contributed by atoms with Gasteiger partial charge in [-0.25, -0.2) is 4.94 Å². The van der Waals surface area contributed by atoms with E-state index < -0.39 is 83.6 Å². The number of rotatable bonds is 2. The van der Waals surface area contributed by atoms with Crippen LogP contribution in [-0.2, 0) is 18.5 Å². The lowest BCUT2D eigenvalue weighted by Crippen LogP contribution is -2.07. The smallest absolute Gasteiger partial charge is 0.254 e. The van der Waals surface area contributed by atoms with Gasteiger partial charge in [0.05, 0.1) is 0 Å². The molecule has 29 heteroatoms. The predicted molar refractivity (Wildman–Crippen MR) is 107 cm³/mol. The molecule has 0 aliphatic heterocycles. The van der Waals surface area contributed by atoms with Crippen molar-refractivity contribution in [3.8, 4) is 6.01 Å². The second kappa shape index (κ2) is 20.4. The van der Waals surface area contributed by atoms with E-state index in [1.165, 1.54) is 10.2 Å². The molecule has 3 heterocycles. The van der Waals surface area contributed by atoms with Crippen LogP contribution in [-0.4, -0.2) is 45.5 Å². The fourth-order valence-electron chi connectivity index (χ4n) is 1.18. The normalized spacial score (nSPS) is 10.4. The van der Waals surface area contributed by atoms with Crippen LogP contribution >= 0.6 is 12.1 Å². The van der Waals surface area contributed by atoms with E-state index in [9.17, 15) is 78.7 Å². The highest BCUT2D eigenvalue weighted by Crippen LogP contribution is 2.28. The van der Waals surface area contributed by atoms with E-state index in [4.69, 9.17) is 0 Å². The van der Waals surface area contributed by atoms with Gasteiger partial charge in [0.1, 0.15) is 12.1 Å². The third-order valence-corrected chi connectivity index (χ3v) is 2.65. The number of aromatic amines is 3. The van der Waals surface area contributed by atoms with Crippen molar-refractivity contribution in [2.75, 3.05) is 0 Å². The first-order valence-corrected chi connectivity index (χ1v) is 9.70. The molecule has 3 rings (SSSR count). The molecule has 10 nitrogen and oxygen atoms in total. The fourth-order valence-corrected chi connectivity index (χ4v) is 1.39. The second-order valence-electron chi connectivity index (χ2n) is 5.55. The molecule has 0 saturated heterocycles. The van der Waals surface area contributed by atoms with Gasteiger partial charge in [0, 0.05) is 4.53 Å². The van der Waals surface area contributed by atoms with Crippen LogP contribution in [0.2, 0.25) is 0 Å². The van der Waals surface area contributed by atoms with Gasteiger partial charge < -0.3 is 0 Å². The minimum Gasteiger partial charge on any atom is -0.254 e. The third kappa shape index (κ3) is 25.3. The van der Waals surface area contributed by atoms with Gasteiger partial charge in [-0.2, -0.15) is 89.1 Å². The van der Waals surface area contributed by atoms with Gasteiger partial charge in [-0.05, 0) is 19.7 Å². The number of nitrogens with zero attached hydrogens (tertiary/aromatic N) is 6.